The average Bonchev–Trinajstić information content (AvgIpc) is 3.42. The lowest BCUT2D eigenvalue weighted by atomic mass is 9.95. The molecule has 164 valence electrons. The first-order valence-corrected chi connectivity index (χ1v) is 11.2. The highest BCUT2D eigenvalue weighted by atomic mass is 16.4. The number of furan rings is 1. The fourth-order valence-electron chi connectivity index (χ4n) is 4.23. The van der Waals surface area contributed by atoms with Gasteiger partial charge in [-0.1, -0.05) is 49.1 Å². The zero-order chi connectivity index (χ0) is 21.8. The monoisotopic (exact) mass is 420 g/mol. The highest BCUT2D eigenvalue weighted by Crippen LogP contribution is 2.38. The maximum Gasteiger partial charge on any atom is 0.287 e. The summed E-state index contributed by atoms with van der Waals surface area (Å²) in [4.78, 5) is 19.4. The van der Waals surface area contributed by atoms with Crippen LogP contribution >= 0.6 is 0 Å². The third-order valence-corrected chi connectivity index (χ3v) is 5.99. The minimum atomic E-state index is -0.186. The van der Waals surface area contributed by atoms with Crippen LogP contribution in [0, 0.1) is 6.92 Å². The van der Waals surface area contributed by atoms with Gasteiger partial charge in [0.05, 0.1) is 12.0 Å². The second kappa shape index (κ2) is 9.52. The number of carbonyl (C=O) groups excluding carboxylic acids is 1. The molecule has 2 aromatic heterocycles. The molecule has 31 heavy (non-hydrogen) atoms. The van der Waals surface area contributed by atoms with Gasteiger partial charge < -0.3 is 19.2 Å². The predicted molar refractivity (Wildman–Crippen MR) is 123 cm³/mol. The van der Waals surface area contributed by atoms with Gasteiger partial charge in [-0.25, -0.2) is 4.98 Å². The smallest absolute Gasteiger partial charge is 0.287 e. The third kappa shape index (κ3) is 4.90. The standard InChI is InChI=1S/C25H32N4O2/c1-18-9-11-19(12-10-18)23-24(29(17-27-23)20-7-5-4-6-8-20)21-13-14-22(31-21)25(30)26-15-16-28(2)3/h9-14,17,20H,4-8,15-16H2,1-3H3,(H,26,30). The van der Waals surface area contributed by atoms with Crippen LogP contribution in [0.15, 0.2) is 47.1 Å². The Kier molecular flexibility index (Phi) is 6.56. The van der Waals surface area contributed by atoms with Gasteiger partial charge in [0, 0.05) is 24.7 Å². The van der Waals surface area contributed by atoms with E-state index < -0.39 is 0 Å². The molecular weight excluding hydrogens is 388 g/mol. The molecule has 0 bridgehead atoms. The molecule has 3 aromatic rings. The lowest BCUT2D eigenvalue weighted by Gasteiger charge is -2.24. The molecule has 1 aliphatic rings. The Balaban J connectivity index is 1.67. The summed E-state index contributed by atoms with van der Waals surface area (Å²) in [5.41, 5.74) is 4.14. The van der Waals surface area contributed by atoms with Crippen molar-refractivity contribution < 1.29 is 9.21 Å². The minimum absolute atomic E-state index is 0.186. The second-order valence-corrected chi connectivity index (χ2v) is 8.73. The predicted octanol–water partition coefficient (Wildman–Crippen LogP) is 4.92. The number of aryl methyl sites for hydroxylation is 1. The number of carbonyl (C=O) groups is 1. The number of imidazole rings is 1. The highest BCUT2D eigenvalue weighted by Gasteiger charge is 2.25. The van der Waals surface area contributed by atoms with E-state index in [1.54, 1.807) is 6.07 Å². The van der Waals surface area contributed by atoms with Gasteiger partial charge in [0.2, 0.25) is 0 Å². The van der Waals surface area contributed by atoms with Crippen LogP contribution in [0.4, 0.5) is 0 Å². The SMILES string of the molecule is Cc1ccc(-c2ncn(C3CCCCC3)c2-c2ccc(C(=O)NCCN(C)C)o2)cc1. The maximum atomic E-state index is 12.5. The maximum absolute atomic E-state index is 12.5. The summed E-state index contributed by atoms with van der Waals surface area (Å²) in [5.74, 6) is 0.838. The summed E-state index contributed by atoms with van der Waals surface area (Å²) in [5, 5.41) is 2.92. The minimum Gasteiger partial charge on any atom is -0.449 e. The van der Waals surface area contributed by atoms with E-state index in [2.05, 4.69) is 41.1 Å². The molecule has 0 spiro atoms. The van der Waals surface area contributed by atoms with Crippen molar-refractivity contribution in [3.05, 3.63) is 54.0 Å². The van der Waals surface area contributed by atoms with Crippen molar-refractivity contribution in [2.75, 3.05) is 27.2 Å². The number of hydrogen-bond donors (Lipinski definition) is 1. The topological polar surface area (TPSA) is 63.3 Å². The number of nitrogens with one attached hydrogen (secondary N) is 1. The lowest BCUT2D eigenvalue weighted by molar-refractivity contribution is 0.0924. The molecule has 6 heteroatoms. The first kappa shape index (κ1) is 21.4. The Bertz CT molecular complexity index is 1010. The van der Waals surface area contributed by atoms with Crippen LogP contribution in [0.5, 0.6) is 0 Å². The molecule has 1 aliphatic carbocycles. The van der Waals surface area contributed by atoms with Crippen LogP contribution in [0.1, 0.15) is 54.3 Å². The van der Waals surface area contributed by atoms with Crippen molar-refractivity contribution in [3.8, 4) is 22.7 Å². The molecule has 1 amide bonds. The fraction of sp³-hybridized carbons (Fsp3) is 0.440. The summed E-state index contributed by atoms with van der Waals surface area (Å²) >= 11 is 0. The number of rotatable bonds is 7. The molecular formula is C25H32N4O2. The highest BCUT2D eigenvalue weighted by molar-refractivity contribution is 5.92. The van der Waals surface area contributed by atoms with Crippen molar-refractivity contribution in [3.63, 3.8) is 0 Å². The molecule has 0 saturated heterocycles. The van der Waals surface area contributed by atoms with Gasteiger partial charge in [0.25, 0.3) is 5.91 Å². The number of nitrogens with zero attached hydrogens (tertiary/aromatic N) is 3. The molecule has 0 unspecified atom stereocenters. The van der Waals surface area contributed by atoms with Crippen LogP contribution in [0.3, 0.4) is 0 Å². The van der Waals surface area contributed by atoms with Crippen molar-refractivity contribution in [1.29, 1.82) is 0 Å². The number of hydrogen-bond acceptors (Lipinski definition) is 4. The second-order valence-electron chi connectivity index (χ2n) is 8.73. The van der Waals surface area contributed by atoms with Crippen molar-refractivity contribution in [1.82, 2.24) is 19.8 Å². The molecule has 1 aromatic carbocycles. The third-order valence-electron chi connectivity index (χ3n) is 5.99. The molecule has 2 heterocycles. The number of benzene rings is 1. The largest absolute Gasteiger partial charge is 0.449 e. The Morgan fingerprint density at radius 2 is 1.87 bits per heavy atom. The summed E-state index contributed by atoms with van der Waals surface area (Å²) < 4.78 is 8.34. The quantitative estimate of drug-likeness (QED) is 0.590. The van der Waals surface area contributed by atoms with E-state index in [0.29, 0.717) is 24.1 Å². The van der Waals surface area contributed by atoms with Crippen molar-refractivity contribution in [2.24, 2.45) is 0 Å². The fourth-order valence-corrected chi connectivity index (χ4v) is 4.23. The van der Waals surface area contributed by atoms with E-state index >= 15 is 0 Å². The van der Waals surface area contributed by atoms with Gasteiger partial charge in [0.15, 0.2) is 11.5 Å². The van der Waals surface area contributed by atoms with Gasteiger partial charge in [0.1, 0.15) is 5.69 Å². The Hall–Kier alpha value is -2.86. The van der Waals surface area contributed by atoms with E-state index in [-0.39, 0.29) is 5.91 Å². The molecule has 0 radical (unpaired) electrons. The zero-order valence-electron chi connectivity index (χ0n) is 18.7. The molecule has 1 fully saturated rings. The summed E-state index contributed by atoms with van der Waals surface area (Å²) in [6.45, 7) is 3.45. The Morgan fingerprint density at radius 1 is 1.13 bits per heavy atom. The van der Waals surface area contributed by atoms with Gasteiger partial charge in [-0.05, 0) is 46.0 Å². The molecule has 1 N–H and O–H groups in total. The van der Waals surface area contributed by atoms with Gasteiger partial charge in [-0.3, -0.25) is 4.79 Å². The first-order valence-electron chi connectivity index (χ1n) is 11.2. The van der Waals surface area contributed by atoms with Crippen LogP contribution in [0.25, 0.3) is 22.7 Å². The Labute approximate surface area is 184 Å². The van der Waals surface area contributed by atoms with E-state index in [1.807, 2.05) is 31.4 Å². The lowest BCUT2D eigenvalue weighted by Crippen LogP contribution is -2.31. The number of amides is 1. The van der Waals surface area contributed by atoms with E-state index in [9.17, 15) is 4.79 Å². The van der Waals surface area contributed by atoms with Crippen molar-refractivity contribution >= 4 is 5.91 Å². The van der Waals surface area contributed by atoms with E-state index in [1.165, 1.54) is 24.8 Å². The van der Waals surface area contributed by atoms with Crippen LogP contribution in [-0.2, 0) is 0 Å². The van der Waals surface area contributed by atoms with Crippen LogP contribution in [0.2, 0.25) is 0 Å². The molecule has 1 saturated carbocycles. The van der Waals surface area contributed by atoms with Crippen LogP contribution < -0.4 is 5.32 Å². The zero-order valence-corrected chi connectivity index (χ0v) is 18.7. The Morgan fingerprint density at radius 3 is 2.58 bits per heavy atom. The van der Waals surface area contributed by atoms with Crippen molar-refractivity contribution in [2.45, 2.75) is 45.1 Å². The van der Waals surface area contributed by atoms with E-state index in [4.69, 9.17) is 9.40 Å². The van der Waals surface area contributed by atoms with E-state index in [0.717, 1.165) is 36.3 Å². The van der Waals surface area contributed by atoms with Crippen LogP contribution in [-0.4, -0.2) is 47.5 Å². The normalized spacial score (nSPS) is 14.8. The number of likely N-dealkylation sites (N-methyl/N-ethyl adjacent to an activating group) is 1. The number of aromatic nitrogens is 2. The van der Waals surface area contributed by atoms with Gasteiger partial charge in [-0.2, -0.15) is 0 Å². The average molecular weight is 421 g/mol. The summed E-state index contributed by atoms with van der Waals surface area (Å²) in [7, 11) is 3.96. The first-order chi connectivity index (χ1) is 15.0. The summed E-state index contributed by atoms with van der Waals surface area (Å²) in [6.07, 6.45) is 8.01. The van der Waals surface area contributed by atoms with Gasteiger partial charge in [-0.15, -0.1) is 0 Å². The molecule has 0 aliphatic heterocycles. The summed E-state index contributed by atoms with van der Waals surface area (Å²) in [6, 6.07) is 12.5. The van der Waals surface area contributed by atoms with Gasteiger partial charge >= 0.3 is 0 Å². The molecule has 4 rings (SSSR count). The molecule has 6 nitrogen and oxygen atoms in total. The molecule has 0 atom stereocenters.